The highest BCUT2D eigenvalue weighted by atomic mass is 35.5. The third-order valence-electron chi connectivity index (χ3n) is 3.07. The van der Waals surface area contributed by atoms with E-state index in [4.69, 9.17) is 0 Å². The molecule has 1 heterocycles. The molecule has 1 aromatic rings. The van der Waals surface area contributed by atoms with E-state index in [1.54, 1.807) is 0 Å². The van der Waals surface area contributed by atoms with Crippen LogP contribution in [-0.4, -0.2) is 25.5 Å². The van der Waals surface area contributed by atoms with Crippen molar-refractivity contribution < 1.29 is 4.79 Å². The monoisotopic (exact) mass is 254 g/mol. The van der Waals surface area contributed by atoms with Crippen LogP contribution in [-0.2, 0) is 11.2 Å². The Bertz CT molecular complexity index is 377. The Balaban J connectivity index is 0.00000144. The summed E-state index contributed by atoms with van der Waals surface area (Å²) in [6.07, 6.45) is 0.493. The predicted octanol–water partition coefficient (Wildman–Crippen LogP) is 1.29. The highest BCUT2D eigenvalue weighted by molar-refractivity contribution is 5.85. The first-order valence-electron chi connectivity index (χ1n) is 5.77. The van der Waals surface area contributed by atoms with Crippen molar-refractivity contribution >= 4 is 18.3 Å². The van der Waals surface area contributed by atoms with Crippen LogP contribution in [0.4, 0.5) is 0 Å². The van der Waals surface area contributed by atoms with Crippen molar-refractivity contribution in [3.05, 3.63) is 35.4 Å². The third-order valence-corrected chi connectivity index (χ3v) is 3.07. The number of halogens is 1. The maximum absolute atomic E-state index is 11.7. The summed E-state index contributed by atoms with van der Waals surface area (Å²) < 4.78 is 0. The fourth-order valence-electron chi connectivity index (χ4n) is 1.79. The lowest BCUT2D eigenvalue weighted by atomic mass is 10.0. The highest BCUT2D eigenvalue weighted by Crippen LogP contribution is 2.07. The SMILES string of the molecule is Cc1ccccc1CC(=O)NCC1CNC1.Cl. The van der Waals surface area contributed by atoms with E-state index in [0.29, 0.717) is 12.3 Å². The van der Waals surface area contributed by atoms with Gasteiger partial charge in [-0.3, -0.25) is 4.79 Å². The number of nitrogens with one attached hydrogen (secondary N) is 2. The Labute approximate surface area is 108 Å². The minimum atomic E-state index is 0. The Kier molecular flexibility index (Phi) is 5.45. The molecule has 1 amide bonds. The van der Waals surface area contributed by atoms with E-state index in [0.717, 1.165) is 25.2 Å². The van der Waals surface area contributed by atoms with E-state index in [9.17, 15) is 4.79 Å². The lowest BCUT2D eigenvalue weighted by Crippen LogP contribution is -2.48. The number of carbonyl (C=O) groups is 1. The smallest absolute Gasteiger partial charge is 0.224 e. The van der Waals surface area contributed by atoms with Gasteiger partial charge in [-0.25, -0.2) is 0 Å². The average Bonchev–Trinajstić information content (AvgIpc) is 2.19. The zero-order valence-electron chi connectivity index (χ0n) is 10.0. The number of hydrogen-bond acceptors (Lipinski definition) is 2. The molecule has 0 saturated carbocycles. The highest BCUT2D eigenvalue weighted by Gasteiger charge is 2.17. The molecule has 3 nitrogen and oxygen atoms in total. The normalized spacial score (nSPS) is 14.6. The van der Waals surface area contributed by atoms with Crippen molar-refractivity contribution in [1.82, 2.24) is 10.6 Å². The molecule has 0 unspecified atom stereocenters. The molecule has 17 heavy (non-hydrogen) atoms. The maximum atomic E-state index is 11.7. The van der Waals surface area contributed by atoms with Crippen molar-refractivity contribution in [2.75, 3.05) is 19.6 Å². The summed E-state index contributed by atoms with van der Waals surface area (Å²) in [5.41, 5.74) is 2.30. The van der Waals surface area contributed by atoms with Crippen molar-refractivity contribution in [1.29, 1.82) is 0 Å². The molecule has 0 spiro atoms. The molecule has 1 aliphatic rings. The molecule has 0 bridgehead atoms. The van der Waals surface area contributed by atoms with Crippen LogP contribution < -0.4 is 10.6 Å². The van der Waals surface area contributed by atoms with Crippen LogP contribution in [0.15, 0.2) is 24.3 Å². The number of hydrogen-bond donors (Lipinski definition) is 2. The van der Waals surface area contributed by atoms with Gasteiger partial charge < -0.3 is 10.6 Å². The van der Waals surface area contributed by atoms with Crippen LogP contribution in [0.2, 0.25) is 0 Å². The molecular weight excluding hydrogens is 236 g/mol. The van der Waals surface area contributed by atoms with E-state index < -0.39 is 0 Å². The Hall–Kier alpha value is -1.06. The largest absolute Gasteiger partial charge is 0.355 e. The lowest BCUT2D eigenvalue weighted by Gasteiger charge is -2.27. The van der Waals surface area contributed by atoms with Gasteiger partial charge in [0.25, 0.3) is 0 Å². The van der Waals surface area contributed by atoms with Gasteiger partial charge in [-0.2, -0.15) is 0 Å². The summed E-state index contributed by atoms with van der Waals surface area (Å²) in [6, 6.07) is 8.03. The number of rotatable bonds is 4. The minimum absolute atomic E-state index is 0. The van der Waals surface area contributed by atoms with Gasteiger partial charge in [0.15, 0.2) is 0 Å². The predicted molar refractivity (Wildman–Crippen MR) is 71.5 cm³/mol. The van der Waals surface area contributed by atoms with Gasteiger partial charge in [0.1, 0.15) is 0 Å². The topological polar surface area (TPSA) is 41.1 Å². The van der Waals surface area contributed by atoms with E-state index in [-0.39, 0.29) is 18.3 Å². The summed E-state index contributed by atoms with van der Waals surface area (Å²) >= 11 is 0. The second-order valence-electron chi connectivity index (χ2n) is 4.43. The second-order valence-corrected chi connectivity index (χ2v) is 4.43. The van der Waals surface area contributed by atoms with Crippen molar-refractivity contribution in [2.45, 2.75) is 13.3 Å². The van der Waals surface area contributed by atoms with Crippen molar-refractivity contribution in [3.8, 4) is 0 Å². The van der Waals surface area contributed by atoms with Gasteiger partial charge in [-0.15, -0.1) is 12.4 Å². The molecule has 1 aromatic carbocycles. The van der Waals surface area contributed by atoms with Gasteiger partial charge in [0.05, 0.1) is 6.42 Å². The molecule has 0 aromatic heterocycles. The van der Waals surface area contributed by atoms with Gasteiger partial charge in [0, 0.05) is 25.6 Å². The number of amides is 1. The first kappa shape index (κ1) is 14.0. The third kappa shape index (κ3) is 4.02. The molecule has 0 atom stereocenters. The van der Waals surface area contributed by atoms with Gasteiger partial charge >= 0.3 is 0 Å². The summed E-state index contributed by atoms with van der Waals surface area (Å²) in [4.78, 5) is 11.7. The van der Waals surface area contributed by atoms with E-state index >= 15 is 0 Å². The van der Waals surface area contributed by atoms with E-state index in [1.807, 2.05) is 31.2 Å². The Morgan fingerprint density at radius 1 is 1.41 bits per heavy atom. The van der Waals surface area contributed by atoms with Crippen molar-refractivity contribution in [3.63, 3.8) is 0 Å². The first-order valence-corrected chi connectivity index (χ1v) is 5.77. The van der Waals surface area contributed by atoms with E-state index in [2.05, 4.69) is 10.6 Å². The standard InChI is InChI=1S/C13H18N2O.ClH/c1-10-4-2-3-5-12(10)6-13(16)15-9-11-7-14-8-11;/h2-5,11,14H,6-9H2,1H3,(H,15,16);1H. The summed E-state index contributed by atoms with van der Waals surface area (Å²) in [7, 11) is 0. The molecule has 1 saturated heterocycles. The fourth-order valence-corrected chi connectivity index (χ4v) is 1.79. The van der Waals surface area contributed by atoms with Gasteiger partial charge in [0.2, 0.25) is 5.91 Å². The van der Waals surface area contributed by atoms with Gasteiger partial charge in [-0.05, 0) is 18.1 Å². The molecule has 2 N–H and O–H groups in total. The molecule has 0 radical (unpaired) electrons. The molecule has 0 aliphatic carbocycles. The summed E-state index contributed by atoms with van der Waals surface area (Å²) in [6.45, 7) is 4.91. The summed E-state index contributed by atoms with van der Waals surface area (Å²) in [5.74, 6) is 0.752. The quantitative estimate of drug-likeness (QED) is 0.850. The number of aryl methyl sites for hydroxylation is 1. The molecule has 1 fully saturated rings. The number of benzene rings is 1. The molecule has 1 aliphatic heterocycles. The number of carbonyl (C=O) groups excluding carboxylic acids is 1. The Morgan fingerprint density at radius 3 is 2.71 bits per heavy atom. The van der Waals surface area contributed by atoms with Crippen LogP contribution in [0.5, 0.6) is 0 Å². The van der Waals surface area contributed by atoms with E-state index in [1.165, 1.54) is 5.56 Å². The molecule has 4 heteroatoms. The maximum Gasteiger partial charge on any atom is 0.224 e. The minimum Gasteiger partial charge on any atom is -0.355 e. The van der Waals surface area contributed by atoms with Crippen LogP contribution in [0.3, 0.4) is 0 Å². The van der Waals surface area contributed by atoms with Crippen LogP contribution in [0, 0.1) is 12.8 Å². The summed E-state index contributed by atoms with van der Waals surface area (Å²) in [5, 5.41) is 6.17. The molecule has 94 valence electrons. The fraction of sp³-hybridized carbons (Fsp3) is 0.462. The zero-order chi connectivity index (χ0) is 11.4. The average molecular weight is 255 g/mol. The molecule has 2 rings (SSSR count). The van der Waals surface area contributed by atoms with Crippen molar-refractivity contribution in [2.24, 2.45) is 5.92 Å². The lowest BCUT2D eigenvalue weighted by molar-refractivity contribution is -0.120. The first-order chi connectivity index (χ1) is 7.75. The molecular formula is C13H19ClN2O. The van der Waals surface area contributed by atoms with Crippen LogP contribution in [0.1, 0.15) is 11.1 Å². The van der Waals surface area contributed by atoms with Gasteiger partial charge in [-0.1, -0.05) is 24.3 Å². The van der Waals surface area contributed by atoms with Crippen LogP contribution in [0.25, 0.3) is 0 Å². The second kappa shape index (κ2) is 6.62. The van der Waals surface area contributed by atoms with Crippen LogP contribution >= 0.6 is 12.4 Å². The Morgan fingerprint density at radius 2 is 2.12 bits per heavy atom. The zero-order valence-corrected chi connectivity index (χ0v) is 10.8.